The summed E-state index contributed by atoms with van der Waals surface area (Å²) in [7, 11) is 0. The Morgan fingerprint density at radius 2 is 2.04 bits per heavy atom. The fourth-order valence-electron chi connectivity index (χ4n) is 3.05. The Morgan fingerprint density at radius 1 is 1.15 bits per heavy atom. The molecule has 0 unspecified atom stereocenters. The number of carbonyl (C=O) groups excluding carboxylic acids is 1. The lowest BCUT2D eigenvalue weighted by atomic mass is 10.1. The molecular weight excluding hydrogens is 346 g/mol. The third-order valence-corrected chi connectivity index (χ3v) is 4.44. The maximum absolute atomic E-state index is 12.5. The van der Waals surface area contributed by atoms with E-state index in [-0.39, 0.29) is 11.7 Å². The third kappa shape index (κ3) is 4.01. The summed E-state index contributed by atoms with van der Waals surface area (Å²) >= 11 is 0. The van der Waals surface area contributed by atoms with Crippen molar-refractivity contribution in [2.75, 3.05) is 18.5 Å². The van der Waals surface area contributed by atoms with E-state index in [9.17, 15) is 9.59 Å². The Bertz CT molecular complexity index is 1020. The molecule has 0 spiro atoms. The second-order valence-corrected chi connectivity index (χ2v) is 6.41. The van der Waals surface area contributed by atoms with Gasteiger partial charge in [-0.05, 0) is 37.1 Å². The lowest BCUT2D eigenvalue weighted by Gasteiger charge is -2.12. The minimum atomic E-state index is -0.669. The van der Waals surface area contributed by atoms with Crippen LogP contribution in [-0.4, -0.2) is 25.2 Å². The van der Waals surface area contributed by atoms with Crippen LogP contribution in [0.4, 0.5) is 5.69 Å². The SMILES string of the molecule is O=C(Nc1cccc(OC[C@@H]2CCCO2)c1)c1cc2ccccc2oc1=O. The van der Waals surface area contributed by atoms with Crippen molar-refractivity contribution in [1.82, 2.24) is 0 Å². The number of hydrogen-bond donors (Lipinski definition) is 1. The van der Waals surface area contributed by atoms with Gasteiger partial charge in [-0.25, -0.2) is 4.79 Å². The quantitative estimate of drug-likeness (QED) is 0.699. The van der Waals surface area contributed by atoms with Gasteiger partial charge in [-0.2, -0.15) is 0 Å². The van der Waals surface area contributed by atoms with E-state index in [1.165, 1.54) is 6.07 Å². The van der Waals surface area contributed by atoms with Crippen LogP contribution in [0.5, 0.6) is 5.75 Å². The van der Waals surface area contributed by atoms with E-state index in [4.69, 9.17) is 13.9 Å². The van der Waals surface area contributed by atoms with E-state index in [0.717, 1.165) is 19.4 Å². The number of rotatable bonds is 5. The van der Waals surface area contributed by atoms with Gasteiger partial charge in [0.15, 0.2) is 0 Å². The van der Waals surface area contributed by atoms with E-state index in [1.54, 1.807) is 36.4 Å². The van der Waals surface area contributed by atoms with Crippen molar-refractivity contribution in [3.63, 3.8) is 0 Å². The van der Waals surface area contributed by atoms with Gasteiger partial charge in [0.05, 0.1) is 6.10 Å². The molecule has 0 radical (unpaired) electrons. The van der Waals surface area contributed by atoms with Crippen molar-refractivity contribution < 1.29 is 18.7 Å². The molecule has 1 aliphatic heterocycles. The van der Waals surface area contributed by atoms with Crippen molar-refractivity contribution in [3.8, 4) is 5.75 Å². The largest absolute Gasteiger partial charge is 0.491 e. The highest BCUT2D eigenvalue weighted by Crippen LogP contribution is 2.20. The predicted molar refractivity (Wildman–Crippen MR) is 101 cm³/mol. The highest BCUT2D eigenvalue weighted by atomic mass is 16.5. The molecule has 6 heteroatoms. The average Bonchev–Trinajstić information content (AvgIpc) is 3.20. The number of hydrogen-bond acceptors (Lipinski definition) is 5. The lowest BCUT2D eigenvalue weighted by Crippen LogP contribution is -2.20. The molecule has 1 N–H and O–H groups in total. The molecule has 2 heterocycles. The molecule has 1 atom stereocenters. The summed E-state index contributed by atoms with van der Waals surface area (Å²) in [5.74, 6) is 0.111. The predicted octanol–water partition coefficient (Wildman–Crippen LogP) is 3.60. The molecule has 1 fully saturated rings. The van der Waals surface area contributed by atoms with Gasteiger partial charge in [-0.3, -0.25) is 4.79 Å². The minimum Gasteiger partial charge on any atom is -0.491 e. The van der Waals surface area contributed by atoms with Gasteiger partial charge in [0.25, 0.3) is 5.91 Å². The summed E-state index contributed by atoms with van der Waals surface area (Å²) in [6.45, 7) is 1.25. The Balaban J connectivity index is 1.48. The highest BCUT2D eigenvalue weighted by molar-refractivity contribution is 6.05. The Kier molecular flexibility index (Phi) is 4.89. The fourth-order valence-corrected chi connectivity index (χ4v) is 3.05. The molecule has 0 aliphatic carbocycles. The van der Waals surface area contributed by atoms with Crippen LogP contribution in [0.2, 0.25) is 0 Å². The number of amides is 1. The van der Waals surface area contributed by atoms with Crippen LogP contribution in [0, 0.1) is 0 Å². The van der Waals surface area contributed by atoms with Gasteiger partial charge in [0, 0.05) is 23.7 Å². The Hall–Kier alpha value is -3.12. The molecule has 1 aromatic heterocycles. The van der Waals surface area contributed by atoms with Gasteiger partial charge in [0.1, 0.15) is 23.5 Å². The fraction of sp³-hybridized carbons (Fsp3) is 0.238. The maximum atomic E-state index is 12.5. The number of fused-ring (bicyclic) bond motifs is 1. The minimum absolute atomic E-state index is 0.0422. The molecular formula is C21H19NO5. The number of anilines is 1. The van der Waals surface area contributed by atoms with Crippen LogP contribution in [0.1, 0.15) is 23.2 Å². The summed E-state index contributed by atoms with van der Waals surface area (Å²) < 4.78 is 16.5. The van der Waals surface area contributed by atoms with Crippen LogP contribution in [0.25, 0.3) is 11.0 Å². The molecule has 1 amide bonds. The zero-order chi connectivity index (χ0) is 18.6. The van der Waals surface area contributed by atoms with Gasteiger partial charge < -0.3 is 19.2 Å². The maximum Gasteiger partial charge on any atom is 0.349 e. The molecule has 2 aromatic carbocycles. The molecule has 138 valence electrons. The molecule has 1 saturated heterocycles. The first-order valence-electron chi connectivity index (χ1n) is 8.88. The van der Waals surface area contributed by atoms with Crippen LogP contribution < -0.4 is 15.7 Å². The first-order valence-corrected chi connectivity index (χ1v) is 8.88. The van der Waals surface area contributed by atoms with Gasteiger partial charge in [0.2, 0.25) is 0 Å². The van der Waals surface area contributed by atoms with E-state index in [2.05, 4.69) is 5.32 Å². The van der Waals surface area contributed by atoms with Crippen molar-refractivity contribution >= 4 is 22.6 Å². The molecule has 3 aromatic rings. The number of nitrogens with one attached hydrogen (secondary N) is 1. The summed E-state index contributed by atoms with van der Waals surface area (Å²) in [6, 6.07) is 15.6. The van der Waals surface area contributed by atoms with Crippen LogP contribution in [-0.2, 0) is 4.74 Å². The standard InChI is InChI=1S/C21H19NO5/c23-20(18-11-14-5-1-2-9-19(14)27-21(18)24)22-15-6-3-7-16(12-15)26-13-17-8-4-10-25-17/h1-3,5-7,9,11-12,17H,4,8,10,13H2,(H,22,23)/t17-/m0/s1. The molecule has 4 rings (SSSR count). The summed E-state index contributed by atoms with van der Waals surface area (Å²) in [5.41, 5.74) is 0.275. The van der Waals surface area contributed by atoms with Crippen molar-refractivity contribution in [3.05, 3.63) is 70.6 Å². The number of carbonyl (C=O) groups is 1. The number of ether oxygens (including phenoxy) is 2. The summed E-state index contributed by atoms with van der Waals surface area (Å²) in [4.78, 5) is 24.6. The smallest absolute Gasteiger partial charge is 0.349 e. The Morgan fingerprint density at radius 3 is 2.89 bits per heavy atom. The lowest BCUT2D eigenvalue weighted by molar-refractivity contribution is 0.0680. The monoisotopic (exact) mass is 365 g/mol. The number of benzene rings is 2. The third-order valence-electron chi connectivity index (χ3n) is 4.44. The van der Waals surface area contributed by atoms with Gasteiger partial charge >= 0.3 is 5.63 Å². The van der Waals surface area contributed by atoms with Gasteiger partial charge in [-0.15, -0.1) is 0 Å². The molecule has 27 heavy (non-hydrogen) atoms. The second kappa shape index (κ2) is 7.63. The van der Waals surface area contributed by atoms with E-state index < -0.39 is 11.5 Å². The van der Waals surface area contributed by atoms with Gasteiger partial charge in [-0.1, -0.05) is 24.3 Å². The summed E-state index contributed by atoms with van der Waals surface area (Å²) in [6.07, 6.45) is 2.16. The van der Waals surface area contributed by atoms with Crippen molar-refractivity contribution in [1.29, 1.82) is 0 Å². The Labute approximate surface area is 155 Å². The summed E-state index contributed by atoms with van der Waals surface area (Å²) in [5, 5.41) is 3.41. The van der Waals surface area contributed by atoms with E-state index in [0.29, 0.717) is 29.0 Å². The second-order valence-electron chi connectivity index (χ2n) is 6.41. The topological polar surface area (TPSA) is 77.8 Å². The molecule has 1 aliphatic rings. The molecule has 6 nitrogen and oxygen atoms in total. The van der Waals surface area contributed by atoms with Crippen LogP contribution in [0.3, 0.4) is 0 Å². The zero-order valence-corrected chi connectivity index (χ0v) is 14.6. The zero-order valence-electron chi connectivity index (χ0n) is 14.6. The van der Waals surface area contributed by atoms with Crippen LogP contribution in [0.15, 0.2) is 63.8 Å². The van der Waals surface area contributed by atoms with Crippen molar-refractivity contribution in [2.45, 2.75) is 18.9 Å². The number of para-hydroxylation sites is 1. The molecule has 0 saturated carbocycles. The average molecular weight is 365 g/mol. The first kappa shape index (κ1) is 17.3. The first-order chi connectivity index (χ1) is 13.2. The van der Waals surface area contributed by atoms with Crippen LogP contribution >= 0.6 is 0 Å². The molecule has 0 bridgehead atoms. The van der Waals surface area contributed by atoms with E-state index in [1.807, 2.05) is 12.1 Å². The normalized spacial score (nSPS) is 16.4. The van der Waals surface area contributed by atoms with Crippen molar-refractivity contribution in [2.24, 2.45) is 0 Å². The highest BCUT2D eigenvalue weighted by Gasteiger charge is 2.17. The van der Waals surface area contributed by atoms with E-state index >= 15 is 0 Å².